The van der Waals surface area contributed by atoms with Gasteiger partial charge in [-0.1, -0.05) is 35.0 Å². The van der Waals surface area contributed by atoms with Gasteiger partial charge in [0.25, 0.3) is 5.91 Å². The van der Waals surface area contributed by atoms with Crippen LogP contribution < -0.4 is 4.90 Å². The first-order valence-electron chi connectivity index (χ1n) is 12.5. The number of aromatic nitrogens is 3. The van der Waals surface area contributed by atoms with E-state index in [2.05, 4.69) is 10.3 Å². The van der Waals surface area contributed by atoms with E-state index in [0.717, 1.165) is 23.5 Å². The first kappa shape index (κ1) is 28.6. The number of nitrogens with zero attached hydrogens (tertiary/aromatic N) is 5. The Bertz CT molecular complexity index is 1360. The molecule has 0 bridgehead atoms. The molecule has 0 spiro atoms. The number of rotatable bonds is 5. The second-order valence-electron chi connectivity index (χ2n) is 9.61. The lowest BCUT2D eigenvalue weighted by Gasteiger charge is -2.30. The van der Waals surface area contributed by atoms with E-state index >= 15 is 0 Å². The molecule has 0 unspecified atom stereocenters. The molecule has 0 N–H and O–H groups in total. The highest BCUT2D eigenvalue weighted by Gasteiger charge is 2.38. The Morgan fingerprint density at radius 1 is 0.975 bits per heavy atom. The molecule has 0 radical (unpaired) electrons. The van der Waals surface area contributed by atoms with Crippen LogP contribution in [0, 0.1) is 0 Å². The Labute approximate surface area is 235 Å². The zero-order valence-corrected chi connectivity index (χ0v) is 22.5. The third kappa shape index (κ3) is 5.90. The number of hydrogen-bond donors (Lipinski definition) is 0. The van der Waals surface area contributed by atoms with Crippen LogP contribution in [0.15, 0.2) is 42.5 Å². The fourth-order valence-corrected chi connectivity index (χ4v) is 6.30. The maximum atomic E-state index is 13.9. The molecule has 1 aromatic heterocycles. The second kappa shape index (κ2) is 11.2. The van der Waals surface area contributed by atoms with Crippen LogP contribution in [0.4, 0.5) is 32.2 Å². The first-order valence-corrected chi connectivity index (χ1v) is 14.1. The molecule has 2 aromatic carbocycles. The van der Waals surface area contributed by atoms with Crippen molar-refractivity contribution in [3.8, 4) is 0 Å². The van der Waals surface area contributed by atoms with Gasteiger partial charge in [-0.15, -0.1) is 5.10 Å². The van der Waals surface area contributed by atoms with Crippen LogP contribution in [-0.4, -0.2) is 56.9 Å². The van der Waals surface area contributed by atoms with E-state index < -0.39 is 35.9 Å². The molecule has 0 saturated carbocycles. The van der Waals surface area contributed by atoms with Gasteiger partial charge in [0.15, 0.2) is 11.5 Å². The topological polar surface area (TPSA) is 54.3 Å². The highest BCUT2D eigenvalue weighted by atomic mass is 35.5. The SMILES string of the molecule is O=C(c1nnn(Cc2cc(C(F)(F)F)cc(C(F)(F)F)c2)c1N1CCSCC1)N1CCC[C@@H]1c1ccccc1Cl. The standard InChI is InChI=1S/C26H24ClF6N5OS/c27-20-5-2-1-4-19(20)21-6-3-7-37(21)24(39)22-23(36-8-10-40-11-9-36)38(35-34-22)15-16-12-17(25(28,29)30)14-18(13-16)26(31,32)33/h1-2,4-5,12-14,21H,3,6-11,15H2/t21-/m1/s1. The molecular formula is C26H24ClF6N5OS. The third-order valence-corrected chi connectivity index (χ3v) is 8.27. The van der Waals surface area contributed by atoms with Crippen molar-refractivity contribution in [1.82, 2.24) is 19.9 Å². The number of benzene rings is 2. The summed E-state index contributed by atoms with van der Waals surface area (Å²) in [7, 11) is 0. The van der Waals surface area contributed by atoms with Gasteiger partial charge in [0.1, 0.15) is 0 Å². The normalized spacial score (nSPS) is 18.4. The number of thioether (sulfide) groups is 1. The first-order chi connectivity index (χ1) is 18.9. The summed E-state index contributed by atoms with van der Waals surface area (Å²) in [5.74, 6) is 1.32. The molecule has 3 aromatic rings. The highest BCUT2D eigenvalue weighted by molar-refractivity contribution is 7.99. The van der Waals surface area contributed by atoms with Crippen LogP contribution in [0.25, 0.3) is 0 Å². The number of halogens is 7. The second-order valence-corrected chi connectivity index (χ2v) is 11.2. The quantitative estimate of drug-likeness (QED) is 0.310. The van der Waals surface area contributed by atoms with E-state index in [9.17, 15) is 31.1 Å². The Kier molecular flexibility index (Phi) is 7.97. The minimum Gasteiger partial charge on any atom is -0.353 e. The van der Waals surface area contributed by atoms with Crippen molar-refractivity contribution in [2.45, 2.75) is 37.8 Å². The summed E-state index contributed by atoms with van der Waals surface area (Å²) in [5, 5.41) is 8.70. The van der Waals surface area contributed by atoms with E-state index in [1.807, 2.05) is 17.0 Å². The van der Waals surface area contributed by atoms with Crippen LogP contribution in [0.5, 0.6) is 0 Å². The van der Waals surface area contributed by atoms with Crippen LogP contribution in [0.1, 0.15) is 51.6 Å². The van der Waals surface area contributed by atoms with Crippen molar-refractivity contribution in [3.63, 3.8) is 0 Å². The van der Waals surface area contributed by atoms with Crippen molar-refractivity contribution in [1.29, 1.82) is 0 Å². The van der Waals surface area contributed by atoms with Gasteiger partial charge in [0.2, 0.25) is 0 Å². The van der Waals surface area contributed by atoms with E-state index in [-0.39, 0.29) is 29.2 Å². The number of likely N-dealkylation sites (tertiary alicyclic amines) is 1. The summed E-state index contributed by atoms with van der Waals surface area (Å²) in [6.07, 6.45) is -8.54. The largest absolute Gasteiger partial charge is 0.416 e. The summed E-state index contributed by atoms with van der Waals surface area (Å²) in [5.41, 5.74) is -2.28. The number of carbonyl (C=O) groups excluding carboxylic acids is 1. The van der Waals surface area contributed by atoms with Gasteiger partial charge in [-0.2, -0.15) is 38.1 Å². The Morgan fingerprint density at radius 2 is 1.62 bits per heavy atom. The van der Waals surface area contributed by atoms with Crippen molar-refractivity contribution in [2.75, 3.05) is 36.0 Å². The lowest BCUT2D eigenvalue weighted by molar-refractivity contribution is -0.143. The zero-order chi connectivity index (χ0) is 28.7. The summed E-state index contributed by atoms with van der Waals surface area (Å²) in [4.78, 5) is 17.4. The van der Waals surface area contributed by atoms with Gasteiger partial charge < -0.3 is 9.80 Å². The smallest absolute Gasteiger partial charge is 0.353 e. The number of anilines is 1. The minimum atomic E-state index is -4.98. The molecule has 2 saturated heterocycles. The van der Waals surface area contributed by atoms with Crippen LogP contribution in [0.2, 0.25) is 5.02 Å². The molecule has 214 valence electrons. The van der Waals surface area contributed by atoms with Crippen molar-refractivity contribution >= 4 is 35.1 Å². The van der Waals surface area contributed by atoms with Gasteiger partial charge in [0, 0.05) is 36.2 Å². The molecule has 6 nitrogen and oxygen atoms in total. The van der Waals surface area contributed by atoms with Gasteiger partial charge >= 0.3 is 12.4 Å². The van der Waals surface area contributed by atoms with Crippen molar-refractivity contribution < 1.29 is 31.1 Å². The molecule has 14 heteroatoms. The lowest BCUT2D eigenvalue weighted by Crippen LogP contribution is -2.37. The van der Waals surface area contributed by atoms with Crippen LogP contribution >= 0.6 is 23.4 Å². The van der Waals surface area contributed by atoms with Gasteiger partial charge in [-0.25, -0.2) is 4.68 Å². The number of carbonyl (C=O) groups is 1. The van der Waals surface area contributed by atoms with Crippen molar-refractivity contribution in [2.24, 2.45) is 0 Å². The highest BCUT2D eigenvalue weighted by Crippen LogP contribution is 2.39. The monoisotopic (exact) mass is 603 g/mol. The molecule has 5 rings (SSSR count). The predicted molar refractivity (Wildman–Crippen MR) is 140 cm³/mol. The molecule has 2 aliphatic rings. The molecule has 3 heterocycles. The molecule has 2 aliphatic heterocycles. The molecule has 1 amide bonds. The minimum absolute atomic E-state index is 0.00822. The summed E-state index contributed by atoms with van der Waals surface area (Å²) in [6, 6.07) is 8.35. The summed E-state index contributed by atoms with van der Waals surface area (Å²) < 4.78 is 82.0. The average Bonchev–Trinajstić information content (AvgIpc) is 3.56. The molecule has 0 aliphatic carbocycles. The summed E-state index contributed by atoms with van der Waals surface area (Å²) >= 11 is 8.12. The predicted octanol–water partition coefficient (Wildman–Crippen LogP) is 6.55. The van der Waals surface area contributed by atoms with E-state index in [0.29, 0.717) is 43.2 Å². The van der Waals surface area contributed by atoms with Gasteiger partial charge in [-0.3, -0.25) is 4.79 Å². The van der Waals surface area contributed by atoms with Crippen molar-refractivity contribution in [3.05, 3.63) is 75.4 Å². The molecule has 1 atom stereocenters. The maximum absolute atomic E-state index is 13.9. The van der Waals surface area contributed by atoms with E-state index in [1.165, 1.54) is 4.68 Å². The number of alkyl halides is 6. The van der Waals surface area contributed by atoms with E-state index in [1.54, 1.807) is 28.8 Å². The lowest BCUT2D eigenvalue weighted by atomic mass is 10.0. The van der Waals surface area contributed by atoms with Gasteiger partial charge in [-0.05, 0) is 48.2 Å². The average molecular weight is 604 g/mol. The number of amides is 1. The molecule has 40 heavy (non-hydrogen) atoms. The van der Waals surface area contributed by atoms with Crippen LogP contribution in [-0.2, 0) is 18.9 Å². The maximum Gasteiger partial charge on any atom is 0.416 e. The number of hydrogen-bond acceptors (Lipinski definition) is 5. The van der Waals surface area contributed by atoms with Gasteiger partial charge in [0.05, 0.1) is 23.7 Å². The fraction of sp³-hybridized carbons (Fsp3) is 0.423. The fourth-order valence-electron chi connectivity index (χ4n) is 5.14. The Balaban J connectivity index is 1.54. The Morgan fingerprint density at radius 3 is 2.25 bits per heavy atom. The zero-order valence-electron chi connectivity index (χ0n) is 21.0. The van der Waals surface area contributed by atoms with Crippen LogP contribution in [0.3, 0.4) is 0 Å². The molecule has 2 fully saturated rings. The van der Waals surface area contributed by atoms with E-state index in [4.69, 9.17) is 11.6 Å². The summed E-state index contributed by atoms with van der Waals surface area (Å²) in [6.45, 7) is 1.05. The Hall–Kier alpha value is -2.93. The molecular weight excluding hydrogens is 580 g/mol. The third-order valence-electron chi connectivity index (χ3n) is 6.98.